The van der Waals surface area contributed by atoms with Gasteiger partial charge in [-0.15, -0.1) is 0 Å². The van der Waals surface area contributed by atoms with E-state index >= 15 is 0 Å². The number of aryl methyl sites for hydroxylation is 1. The molecule has 2 bridgehead atoms. The molecule has 2 saturated heterocycles. The summed E-state index contributed by atoms with van der Waals surface area (Å²) in [7, 11) is 0. The quantitative estimate of drug-likeness (QED) is 0.752. The number of halogens is 1. The minimum atomic E-state index is -0.713. The van der Waals surface area contributed by atoms with Gasteiger partial charge in [0, 0.05) is 18.1 Å². The van der Waals surface area contributed by atoms with E-state index in [1.54, 1.807) is 4.90 Å². The molecule has 3 aliphatic heterocycles. The highest BCUT2D eigenvalue weighted by Gasteiger charge is 2.66. The lowest BCUT2D eigenvalue weighted by atomic mass is 9.77. The third kappa shape index (κ3) is 3.13. The summed E-state index contributed by atoms with van der Waals surface area (Å²) in [5.74, 6) is -1.18. The summed E-state index contributed by atoms with van der Waals surface area (Å²) in [5, 5.41) is 3.64. The number of fused-ring (bicyclic) bond motifs is 1. The summed E-state index contributed by atoms with van der Waals surface area (Å²) in [6, 6.07) is 15.6. The van der Waals surface area contributed by atoms with Gasteiger partial charge in [-0.1, -0.05) is 71.8 Å². The predicted octanol–water partition coefficient (Wildman–Crippen LogP) is 3.25. The van der Waals surface area contributed by atoms with Crippen LogP contribution in [-0.4, -0.2) is 35.0 Å². The van der Waals surface area contributed by atoms with Crippen molar-refractivity contribution in [1.29, 1.82) is 0 Å². The average Bonchev–Trinajstić information content (AvgIpc) is 3.37. The van der Waals surface area contributed by atoms with Crippen LogP contribution >= 0.6 is 11.6 Å². The summed E-state index contributed by atoms with van der Waals surface area (Å²) in [6.07, 6.45) is 3.55. The van der Waals surface area contributed by atoms with Gasteiger partial charge in [0.25, 0.3) is 0 Å². The van der Waals surface area contributed by atoms with Gasteiger partial charge in [-0.3, -0.25) is 9.59 Å². The van der Waals surface area contributed by atoms with Crippen LogP contribution in [0.4, 0.5) is 0 Å². The van der Waals surface area contributed by atoms with Gasteiger partial charge in [-0.05, 0) is 24.1 Å². The molecule has 0 aliphatic carbocycles. The largest absolute Gasteiger partial charge is 0.360 e. The van der Waals surface area contributed by atoms with E-state index in [-0.39, 0.29) is 17.9 Å². The average molecular weight is 423 g/mol. The maximum atomic E-state index is 13.3. The molecule has 3 heterocycles. The molecule has 154 valence electrons. The second-order valence-corrected chi connectivity index (χ2v) is 8.80. The van der Waals surface area contributed by atoms with Gasteiger partial charge in [0.1, 0.15) is 5.60 Å². The monoisotopic (exact) mass is 422 g/mol. The summed E-state index contributed by atoms with van der Waals surface area (Å²) in [5.41, 5.74) is 2.38. The fraction of sp³-hybridized carbons (Fsp3) is 0.333. The third-order valence-corrected chi connectivity index (χ3v) is 6.76. The molecule has 2 aromatic carbocycles. The zero-order valence-corrected chi connectivity index (χ0v) is 17.4. The van der Waals surface area contributed by atoms with Crippen molar-refractivity contribution >= 4 is 23.4 Å². The molecular weight excluding hydrogens is 400 g/mol. The van der Waals surface area contributed by atoms with Crippen LogP contribution in [0.15, 0.2) is 60.7 Å². The Labute approximate surface area is 180 Å². The van der Waals surface area contributed by atoms with E-state index < -0.39 is 17.4 Å². The normalized spacial score (nSPS) is 28.8. The second-order valence-electron chi connectivity index (χ2n) is 8.39. The minimum absolute atomic E-state index is 0.0442. The molecule has 2 fully saturated rings. The van der Waals surface area contributed by atoms with E-state index in [0.29, 0.717) is 24.7 Å². The van der Waals surface area contributed by atoms with Crippen molar-refractivity contribution in [2.75, 3.05) is 6.54 Å². The molecule has 3 aliphatic rings. The molecule has 4 unspecified atom stereocenters. The van der Waals surface area contributed by atoms with Crippen LogP contribution in [0.2, 0.25) is 5.02 Å². The van der Waals surface area contributed by atoms with Crippen molar-refractivity contribution in [2.24, 2.45) is 11.8 Å². The highest BCUT2D eigenvalue weighted by atomic mass is 35.5. The highest BCUT2D eigenvalue weighted by Crippen LogP contribution is 2.52. The van der Waals surface area contributed by atoms with Crippen LogP contribution in [0, 0.1) is 18.8 Å². The first-order valence-corrected chi connectivity index (χ1v) is 10.6. The zero-order valence-electron chi connectivity index (χ0n) is 16.7. The van der Waals surface area contributed by atoms with Crippen molar-refractivity contribution in [2.45, 2.75) is 31.7 Å². The number of rotatable bonds is 5. The number of ether oxygens (including phenoxy) is 1. The first kappa shape index (κ1) is 19.3. The Morgan fingerprint density at radius 1 is 1.23 bits per heavy atom. The topological polar surface area (TPSA) is 58.6 Å². The molecule has 5 rings (SSSR count). The molecule has 0 radical (unpaired) electrons. The maximum absolute atomic E-state index is 13.3. The number of hydrogen-bond donors (Lipinski definition) is 1. The van der Waals surface area contributed by atoms with Crippen molar-refractivity contribution < 1.29 is 14.3 Å². The summed E-state index contributed by atoms with van der Waals surface area (Å²) >= 11 is 6.29. The number of nitrogens with one attached hydrogen (secondary N) is 1. The molecule has 4 atom stereocenters. The van der Waals surface area contributed by atoms with Crippen molar-refractivity contribution in [3.63, 3.8) is 0 Å². The Morgan fingerprint density at radius 2 is 2.00 bits per heavy atom. The van der Waals surface area contributed by atoms with Gasteiger partial charge in [0.2, 0.25) is 11.8 Å². The lowest BCUT2D eigenvalue weighted by Gasteiger charge is -2.23. The van der Waals surface area contributed by atoms with Crippen LogP contribution < -0.4 is 5.32 Å². The Kier molecular flexibility index (Phi) is 4.68. The molecule has 0 saturated carbocycles. The molecule has 0 aromatic heterocycles. The first-order valence-electron chi connectivity index (χ1n) is 10.2. The van der Waals surface area contributed by atoms with Gasteiger partial charge < -0.3 is 15.0 Å². The lowest BCUT2D eigenvalue weighted by Crippen LogP contribution is -2.43. The van der Waals surface area contributed by atoms with Gasteiger partial charge in [0.15, 0.2) is 0 Å². The Morgan fingerprint density at radius 3 is 2.77 bits per heavy atom. The number of hydrogen-bond acceptors (Lipinski definition) is 3. The first-order chi connectivity index (χ1) is 14.5. The predicted molar refractivity (Wildman–Crippen MR) is 114 cm³/mol. The van der Waals surface area contributed by atoms with Gasteiger partial charge in [0.05, 0.1) is 24.5 Å². The number of benzene rings is 2. The molecule has 1 spiro atoms. The minimum Gasteiger partial charge on any atom is -0.360 e. The second kappa shape index (κ2) is 7.25. The Balaban J connectivity index is 1.32. The van der Waals surface area contributed by atoms with Crippen molar-refractivity contribution in [3.8, 4) is 0 Å². The van der Waals surface area contributed by atoms with E-state index in [9.17, 15) is 9.59 Å². The lowest BCUT2D eigenvalue weighted by molar-refractivity contribution is -0.137. The molecule has 2 aromatic rings. The van der Waals surface area contributed by atoms with Crippen LogP contribution in [0.3, 0.4) is 0 Å². The van der Waals surface area contributed by atoms with E-state index in [1.807, 2.05) is 67.6 Å². The zero-order chi connectivity index (χ0) is 20.9. The molecular formula is C24H23ClN2O3. The summed E-state index contributed by atoms with van der Waals surface area (Å²) in [6.45, 7) is 3.32. The third-order valence-electron chi connectivity index (χ3n) is 6.39. The van der Waals surface area contributed by atoms with Crippen molar-refractivity contribution in [1.82, 2.24) is 10.2 Å². The van der Waals surface area contributed by atoms with Crippen molar-refractivity contribution in [3.05, 3.63) is 82.4 Å². The van der Waals surface area contributed by atoms with Gasteiger partial charge in [-0.25, -0.2) is 0 Å². The van der Waals surface area contributed by atoms with E-state index in [4.69, 9.17) is 16.3 Å². The van der Waals surface area contributed by atoms with E-state index in [0.717, 1.165) is 11.1 Å². The number of carbonyl (C=O) groups is 2. The van der Waals surface area contributed by atoms with Gasteiger partial charge >= 0.3 is 0 Å². The summed E-state index contributed by atoms with van der Waals surface area (Å²) in [4.78, 5) is 28.1. The van der Waals surface area contributed by atoms with E-state index in [2.05, 4.69) is 5.32 Å². The number of amides is 2. The fourth-order valence-electron chi connectivity index (χ4n) is 4.86. The fourth-order valence-corrected chi connectivity index (χ4v) is 5.05. The number of likely N-dealkylation sites (tertiary alicyclic amines) is 1. The number of nitrogens with zero attached hydrogens (tertiary/aromatic N) is 1. The van der Waals surface area contributed by atoms with E-state index in [1.165, 1.54) is 5.56 Å². The Hall–Kier alpha value is -2.63. The molecule has 5 nitrogen and oxygen atoms in total. The standard InChI is InChI=1S/C24H23ClN2O3/c1-15-6-8-16(9-7-15)12-26-22(28)20-19-10-11-24(30-19)14-27(23(29)21(20)24)13-17-4-2-3-5-18(17)25/h2-11,19-21H,12-14H2,1H3,(H,26,28). The van der Waals surface area contributed by atoms with Crippen LogP contribution in [0.1, 0.15) is 16.7 Å². The molecule has 1 N–H and O–H groups in total. The highest BCUT2D eigenvalue weighted by molar-refractivity contribution is 6.31. The molecule has 30 heavy (non-hydrogen) atoms. The Bertz CT molecular complexity index is 1040. The smallest absolute Gasteiger partial charge is 0.230 e. The summed E-state index contributed by atoms with van der Waals surface area (Å²) < 4.78 is 6.19. The number of carbonyl (C=O) groups excluding carboxylic acids is 2. The van der Waals surface area contributed by atoms with Crippen LogP contribution in [-0.2, 0) is 27.4 Å². The molecule has 6 heteroatoms. The SMILES string of the molecule is Cc1ccc(CNC(=O)C2C3C=CC4(CN(Cc5ccccc5Cl)C(=O)C24)O3)cc1. The van der Waals surface area contributed by atoms with Gasteiger partial charge in [-0.2, -0.15) is 0 Å². The van der Waals surface area contributed by atoms with Crippen LogP contribution in [0.25, 0.3) is 0 Å². The molecule has 2 amide bonds. The van der Waals surface area contributed by atoms with Crippen LogP contribution in [0.5, 0.6) is 0 Å². The maximum Gasteiger partial charge on any atom is 0.230 e.